The molecule has 0 radical (unpaired) electrons. The van der Waals surface area contributed by atoms with Gasteiger partial charge in [0, 0.05) is 17.2 Å². The summed E-state index contributed by atoms with van der Waals surface area (Å²) in [6.07, 6.45) is 3.95. The summed E-state index contributed by atoms with van der Waals surface area (Å²) in [4.78, 5) is 0. The number of rotatable bonds is 3. The summed E-state index contributed by atoms with van der Waals surface area (Å²) in [6.45, 7) is 0.0767. The predicted molar refractivity (Wildman–Crippen MR) is 58.3 cm³/mol. The average Bonchev–Trinajstić information content (AvgIpc) is 2.13. The van der Waals surface area contributed by atoms with Crippen molar-refractivity contribution in [2.24, 2.45) is 0 Å². The number of hydrogen-bond acceptors (Lipinski definition) is 3. The SMILES string of the molecule is Nc1cc(Cl)cc(C=CCCO)c1O. The van der Waals surface area contributed by atoms with Crippen molar-refractivity contribution in [1.29, 1.82) is 0 Å². The number of benzene rings is 1. The third kappa shape index (κ3) is 2.65. The molecule has 0 spiro atoms. The molecule has 0 bridgehead atoms. The summed E-state index contributed by atoms with van der Waals surface area (Å²) < 4.78 is 0. The first kappa shape index (κ1) is 10.9. The van der Waals surface area contributed by atoms with Crippen molar-refractivity contribution < 1.29 is 10.2 Å². The Labute approximate surface area is 87.4 Å². The zero-order chi connectivity index (χ0) is 10.6. The van der Waals surface area contributed by atoms with Crippen molar-refractivity contribution in [1.82, 2.24) is 0 Å². The first-order chi connectivity index (χ1) is 6.65. The molecule has 0 unspecified atom stereocenters. The van der Waals surface area contributed by atoms with Crippen LogP contribution in [0.15, 0.2) is 18.2 Å². The predicted octanol–water partition coefficient (Wildman–Crippen LogP) is 2.02. The highest BCUT2D eigenvalue weighted by Crippen LogP contribution is 2.29. The van der Waals surface area contributed by atoms with Crippen LogP contribution in [-0.4, -0.2) is 16.8 Å². The standard InChI is InChI=1S/C10H12ClNO2/c11-8-5-7(3-1-2-4-13)10(14)9(12)6-8/h1,3,5-6,13-14H,2,4,12H2. The average molecular weight is 214 g/mol. The number of aliphatic hydroxyl groups is 1. The Morgan fingerprint density at radius 3 is 2.79 bits per heavy atom. The van der Waals surface area contributed by atoms with E-state index >= 15 is 0 Å². The lowest BCUT2D eigenvalue weighted by Crippen LogP contribution is -1.88. The number of halogens is 1. The summed E-state index contributed by atoms with van der Waals surface area (Å²) in [6, 6.07) is 3.10. The van der Waals surface area contributed by atoms with E-state index in [9.17, 15) is 5.11 Å². The van der Waals surface area contributed by atoms with E-state index in [-0.39, 0.29) is 18.0 Å². The highest BCUT2D eigenvalue weighted by atomic mass is 35.5. The second kappa shape index (κ2) is 4.88. The highest BCUT2D eigenvalue weighted by molar-refractivity contribution is 6.31. The molecule has 76 valence electrons. The summed E-state index contributed by atoms with van der Waals surface area (Å²) in [5.41, 5.74) is 6.32. The minimum absolute atomic E-state index is 0.0172. The van der Waals surface area contributed by atoms with Crippen LogP contribution in [0.25, 0.3) is 6.08 Å². The molecular formula is C10H12ClNO2. The second-order valence-corrected chi connectivity index (χ2v) is 3.28. The van der Waals surface area contributed by atoms with Crippen molar-refractivity contribution in [2.75, 3.05) is 12.3 Å². The quantitative estimate of drug-likeness (QED) is 0.532. The lowest BCUT2D eigenvalue weighted by molar-refractivity contribution is 0.303. The van der Waals surface area contributed by atoms with Crippen molar-refractivity contribution in [2.45, 2.75) is 6.42 Å². The number of nitrogens with two attached hydrogens (primary N) is 1. The van der Waals surface area contributed by atoms with Gasteiger partial charge in [0.2, 0.25) is 0 Å². The molecule has 0 aliphatic rings. The Hall–Kier alpha value is -1.19. The molecule has 0 saturated carbocycles. The van der Waals surface area contributed by atoms with Gasteiger partial charge in [0.1, 0.15) is 5.75 Å². The van der Waals surface area contributed by atoms with E-state index in [1.807, 2.05) is 0 Å². The van der Waals surface area contributed by atoms with Crippen LogP contribution in [0, 0.1) is 0 Å². The van der Waals surface area contributed by atoms with E-state index in [2.05, 4.69) is 0 Å². The number of phenolic OH excluding ortho intramolecular Hbond substituents is 1. The van der Waals surface area contributed by atoms with Crippen LogP contribution >= 0.6 is 11.6 Å². The van der Waals surface area contributed by atoms with Crippen LogP contribution in [0.3, 0.4) is 0 Å². The third-order valence-corrected chi connectivity index (χ3v) is 1.95. The van der Waals surface area contributed by atoms with Gasteiger partial charge in [-0.3, -0.25) is 0 Å². The molecule has 0 heterocycles. The van der Waals surface area contributed by atoms with Gasteiger partial charge in [0.05, 0.1) is 5.69 Å². The van der Waals surface area contributed by atoms with Crippen LogP contribution in [0.1, 0.15) is 12.0 Å². The van der Waals surface area contributed by atoms with Gasteiger partial charge >= 0.3 is 0 Å². The molecule has 1 rings (SSSR count). The van der Waals surface area contributed by atoms with Gasteiger partial charge in [-0.05, 0) is 18.6 Å². The molecule has 0 amide bonds. The molecule has 0 fully saturated rings. The molecule has 0 aliphatic carbocycles. The maximum atomic E-state index is 9.52. The maximum Gasteiger partial charge on any atom is 0.145 e. The topological polar surface area (TPSA) is 66.5 Å². The van der Waals surface area contributed by atoms with Crippen LogP contribution in [0.2, 0.25) is 5.02 Å². The lowest BCUT2D eigenvalue weighted by atomic mass is 10.1. The van der Waals surface area contributed by atoms with Crippen LogP contribution in [0.5, 0.6) is 5.75 Å². The van der Waals surface area contributed by atoms with E-state index in [4.69, 9.17) is 22.4 Å². The van der Waals surface area contributed by atoms with Gasteiger partial charge in [-0.25, -0.2) is 0 Å². The van der Waals surface area contributed by atoms with Gasteiger partial charge < -0.3 is 15.9 Å². The third-order valence-electron chi connectivity index (χ3n) is 1.73. The molecule has 0 aliphatic heterocycles. The molecule has 1 aromatic carbocycles. The summed E-state index contributed by atoms with van der Waals surface area (Å²) in [5, 5.41) is 18.6. The first-order valence-electron chi connectivity index (χ1n) is 4.20. The molecule has 0 aromatic heterocycles. The summed E-state index contributed by atoms with van der Waals surface area (Å²) >= 11 is 5.76. The van der Waals surface area contributed by atoms with Gasteiger partial charge in [-0.15, -0.1) is 0 Å². The van der Waals surface area contributed by atoms with Gasteiger partial charge in [0.25, 0.3) is 0 Å². The molecule has 1 aromatic rings. The molecule has 4 heteroatoms. The number of aliphatic hydroxyl groups excluding tert-OH is 1. The van der Waals surface area contributed by atoms with E-state index < -0.39 is 0 Å². The number of anilines is 1. The fourth-order valence-corrected chi connectivity index (χ4v) is 1.29. The molecular weight excluding hydrogens is 202 g/mol. The molecule has 3 nitrogen and oxygen atoms in total. The van der Waals surface area contributed by atoms with Crippen LogP contribution < -0.4 is 5.73 Å². The van der Waals surface area contributed by atoms with Crippen molar-refractivity contribution in [3.8, 4) is 5.75 Å². The zero-order valence-electron chi connectivity index (χ0n) is 7.57. The minimum atomic E-state index is 0.0172. The van der Waals surface area contributed by atoms with E-state index in [1.165, 1.54) is 6.07 Å². The van der Waals surface area contributed by atoms with E-state index in [1.54, 1.807) is 18.2 Å². The van der Waals surface area contributed by atoms with Crippen molar-refractivity contribution in [3.63, 3.8) is 0 Å². The Balaban J connectivity index is 2.96. The molecule has 0 saturated heterocycles. The van der Waals surface area contributed by atoms with Gasteiger partial charge in [0.15, 0.2) is 0 Å². The monoisotopic (exact) mass is 213 g/mol. The van der Waals surface area contributed by atoms with Crippen LogP contribution in [0.4, 0.5) is 5.69 Å². The fraction of sp³-hybridized carbons (Fsp3) is 0.200. The van der Waals surface area contributed by atoms with Gasteiger partial charge in [-0.1, -0.05) is 23.8 Å². The second-order valence-electron chi connectivity index (χ2n) is 2.85. The van der Waals surface area contributed by atoms with Gasteiger partial charge in [-0.2, -0.15) is 0 Å². The number of hydrogen-bond donors (Lipinski definition) is 3. The number of nitrogen functional groups attached to an aromatic ring is 1. The lowest BCUT2D eigenvalue weighted by Gasteiger charge is -2.03. The Kier molecular flexibility index (Phi) is 3.80. The maximum absolute atomic E-state index is 9.52. The van der Waals surface area contributed by atoms with E-state index in [0.717, 1.165) is 0 Å². The molecule has 4 N–H and O–H groups in total. The smallest absolute Gasteiger partial charge is 0.145 e. The summed E-state index contributed by atoms with van der Waals surface area (Å²) in [5.74, 6) is 0.0172. The zero-order valence-corrected chi connectivity index (χ0v) is 8.33. The normalized spacial score (nSPS) is 11.0. The molecule has 0 atom stereocenters. The minimum Gasteiger partial charge on any atom is -0.505 e. The Morgan fingerprint density at radius 2 is 2.14 bits per heavy atom. The Bertz CT molecular complexity index is 350. The first-order valence-corrected chi connectivity index (χ1v) is 4.58. The van der Waals surface area contributed by atoms with Crippen molar-refractivity contribution in [3.05, 3.63) is 28.8 Å². The fourth-order valence-electron chi connectivity index (χ4n) is 1.05. The highest BCUT2D eigenvalue weighted by Gasteiger charge is 2.03. The number of phenols is 1. The summed E-state index contributed by atoms with van der Waals surface area (Å²) in [7, 11) is 0. The number of aromatic hydroxyl groups is 1. The van der Waals surface area contributed by atoms with E-state index in [0.29, 0.717) is 17.0 Å². The Morgan fingerprint density at radius 1 is 1.43 bits per heavy atom. The molecule has 14 heavy (non-hydrogen) atoms. The van der Waals surface area contributed by atoms with Crippen molar-refractivity contribution >= 4 is 23.4 Å². The largest absolute Gasteiger partial charge is 0.505 e. The van der Waals surface area contributed by atoms with Crippen LogP contribution in [-0.2, 0) is 0 Å².